The topological polar surface area (TPSA) is 9.23 Å². The van der Waals surface area contributed by atoms with Crippen molar-refractivity contribution < 1.29 is 4.74 Å². The number of allylic oxidation sites excluding steroid dienone is 3. The van der Waals surface area contributed by atoms with Gasteiger partial charge in [0.2, 0.25) is 0 Å². The lowest BCUT2D eigenvalue weighted by molar-refractivity contribution is 0.158. The van der Waals surface area contributed by atoms with Gasteiger partial charge < -0.3 is 4.74 Å². The van der Waals surface area contributed by atoms with Crippen LogP contribution in [0.2, 0.25) is 0 Å². The lowest BCUT2D eigenvalue weighted by Gasteiger charge is -2.00. The van der Waals surface area contributed by atoms with Crippen LogP contribution in [0.1, 0.15) is 19.3 Å². The van der Waals surface area contributed by atoms with Gasteiger partial charge in [0.15, 0.2) is 0 Å². The third-order valence-electron chi connectivity index (χ3n) is 1.51. The fraction of sp³-hybridized carbons (Fsp3) is 0.556. The van der Waals surface area contributed by atoms with E-state index in [1.54, 1.807) is 0 Å². The summed E-state index contributed by atoms with van der Waals surface area (Å²) in [5, 5.41) is 0. The third kappa shape index (κ3) is 3.46. The molecule has 1 rings (SSSR count). The van der Waals surface area contributed by atoms with Crippen molar-refractivity contribution in [3.05, 3.63) is 24.3 Å². The predicted octanol–water partition coefficient (Wildman–Crippen LogP) is 2.30. The molecule has 0 fully saturated rings. The number of ether oxygens (including phenoxy) is 1. The van der Waals surface area contributed by atoms with Gasteiger partial charge in [-0.3, -0.25) is 0 Å². The standard InChI is InChI=1S/C9H14O/c1-2-4-6-8-10-9-7-5-3-1/h1-2,4,6H,3,5,7-9H2/b2-1+,6-4-. The Kier molecular flexibility index (Phi) is 3.96. The van der Waals surface area contributed by atoms with Crippen LogP contribution in [0.15, 0.2) is 24.3 Å². The van der Waals surface area contributed by atoms with Crippen LogP contribution in [0.4, 0.5) is 0 Å². The van der Waals surface area contributed by atoms with Crippen molar-refractivity contribution in [1.82, 2.24) is 0 Å². The highest BCUT2D eigenvalue weighted by atomic mass is 16.5. The molecular formula is C9H14O. The van der Waals surface area contributed by atoms with Crippen LogP contribution in [0.3, 0.4) is 0 Å². The monoisotopic (exact) mass is 138 g/mol. The van der Waals surface area contributed by atoms with Gasteiger partial charge >= 0.3 is 0 Å². The van der Waals surface area contributed by atoms with Gasteiger partial charge in [0.05, 0.1) is 6.61 Å². The molecule has 0 saturated heterocycles. The van der Waals surface area contributed by atoms with Gasteiger partial charge in [0.25, 0.3) is 0 Å². The highest BCUT2D eigenvalue weighted by Gasteiger charge is 1.87. The molecule has 1 heterocycles. The van der Waals surface area contributed by atoms with E-state index in [9.17, 15) is 0 Å². The summed E-state index contributed by atoms with van der Waals surface area (Å²) < 4.78 is 5.29. The zero-order valence-corrected chi connectivity index (χ0v) is 6.25. The molecule has 0 spiro atoms. The molecular weight excluding hydrogens is 124 g/mol. The first-order valence-corrected chi connectivity index (χ1v) is 3.89. The highest BCUT2D eigenvalue weighted by molar-refractivity contribution is 5.02. The van der Waals surface area contributed by atoms with E-state index in [-0.39, 0.29) is 0 Å². The van der Waals surface area contributed by atoms with E-state index in [0.29, 0.717) is 0 Å². The summed E-state index contributed by atoms with van der Waals surface area (Å²) in [5.41, 5.74) is 0. The van der Waals surface area contributed by atoms with Crippen molar-refractivity contribution >= 4 is 0 Å². The quantitative estimate of drug-likeness (QED) is 0.499. The zero-order valence-electron chi connectivity index (χ0n) is 6.25. The molecule has 56 valence electrons. The molecule has 1 aliphatic rings. The minimum atomic E-state index is 0.768. The van der Waals surface area contributed by atoms with Crippen LogP contribution in [-0.2, 0) is 4.74 Å². The Morgan fingerprint density at radius 1 is 1.00 bits per heavy atom. The molecule has 0 unspecified atom stereocenters. The molecule has 0 aliphatic carbocycles. The molecule has 1 aliphatic heterocycles. The maximum atomic E-state index is 5.29. The zero-order chi connectivity index (χ0) is 7.07. The van der Waals surface area contributed by atoms with Gasteiger partial charge in [0.1, 0.15) is 0 Å². The van der Waals surface area contributed by atoms with E-state index in [1.807, 2.05) is 12.2 Å². The summed E-state index contributed by atoms with van der Waals surface area (Å²) in [6, 6.07) is 0. The molecule has 1 heteroatoms. The maximum absolute atomic E-state index is 5.29. The summed E-state index contributed by atoms with van der Waals surface area (Å²) in [6.45, 7) is 1.68. The van der Waals surface area contributed by atoms with Crippen molar-refractivity contribution in [2.45, 2.75) is 19.3 Å². The van der Waals surface area contributed by atoms with Crippen LogP contribution in [0.5, 0.6) is 0 Å². The van der Waals surface area contributed by atoms with E-state index in [2.05, 4.69) is 12.2 Å². The van der Waals surface area contributed by atoms with Gasteiger partial charge in [-0.15, -0.1) is 0 Å². The predicted molar refractivity (Wildman–Crippen MR) is 43.0 cm³/mol. The average molecular weight is 138 g/mol. The van der Waals surface area contributed by atoms with Gasteiger partial charge in [-0.05, 0) is 19.3 Å². The van der Waals surface area contributed by atoms with Crippen molar-refractivity contribution in [2.75, 3.05) is 13.2 Å². The van der Waals surface area contributed by atoms with Gasteiger partial charge in [0, 0.05) is 6.61 Å². The van der Waals surface area contributed by atoms with Crippen LogP contribution in [0, 0.1) is 0 Å². The van der Waals surface area contributed by atoms with Gasteiger partial charge in [-0.1, -0.05) is 24.3 Å². The summed E-state index contributed by atoms with van der Waals surface area (Å²) in [4.78, 5) is 0. The minimum absolute atomic E-state index is 0.768. The molecule has 0 amide bonds. The molecule has 0 aromatic rings. The van der Waals surface area contributed by atoms with Crippen LogP contribution in [0.25, 0.3) is 0 Å². The summed E-state index contributed by atoms with van der Waals surface area (Å²) in [6.07, 6.45) is 12.0. The smallest absolute Gasteiger partial charge is 0.0650 e. The Hall–Kier alpha value is -0.560. The number of rotatable bonds is 0. The Morgan fingerprint density at radius 2 is 1.90 bits per heavy atom. The van der Waals surface area contributed by atoms with Crippen molar-refractivity contribution in [1.29, 1.82) is 0 Å². The fourth-order valence-electron chi connectivity index (χ4n) is 0.927. The van der Waals surface area contributed by atoms with Gasteiger partial charge in [-0.2, -0.15) is 0 Å². The second-order valence-electron chi connectivity index (χ2n) is 2.43. The molecule has 0 atom stereocenters. The number of hydrogen-bond acceptors (Lipinski definition) is 1. The van der Waals surface area contributed by atoms with Crippen LogP contribution in [-0.4, -0.2) is 13.2 Å². The van der Waals surface area contributed by atoms with E-state index in [4.69, 9.17) is 4.74 Å². The average Bonchev–Trinajstić information content (AvgIpc) is 2.01. The summed E-state index contributed by atoms with van der Waals surface area (Å²) in [5.74, 6) is 0. The SMILES string of the molecule is C1=C\COCCCC/C=C/1. The summed E-state index contributed by atoms with van der Waals surface area (Å²) in [7, 11) is 0. The molecule has 0 aromatic heterocycles. The first-order chi connectivity index (χ1) is 5.00. The van der Waals surface area contributed by atoms with Crippen molar-refractivity contribution in [3.63, 3.8) is 0 Å². The van der Waals surface area contributed by atoms with Crippen LogP contribution < -0.4 is 0 Å². The van der Waals surface area contributed by atoms with Crippen LogP contribution >= 0.6 is 0 Å². The first-order valence-electron chi connectivity index (χ1n) is 3.89. The van der Waals surface area contributed by atoms with E-state index in [1.165, 1.54) is 19.3 Å². The lowest BCUT2D eigenvalue weighted by Crippen LogP contribution is -1.94. The third-order valence-corrected chi connectivity index (χ3v) is 1.51. The second-order valence-corrected chi connectivity index (χ2v) is 2.43. The largest absolute Gasteiger partial charge is 0.377 e. The molecule has 10 heavy (non-hydrogen) atoms. The Bertz CT molecular complexity index is 109. The molecule has 0 radical (unpaired) electrons. The maximum Gasteiger partial charge on any atom is 0.0650 e. The molecule has 1 nitrogen and oxygen atoms in total. The Morgan fingerprint density at radius 3 is 2.90 bits per heavy atom. The van der Waals surface area contributed by atoms with E-state index in [0.717, 1.165) is 13.2 Å². The first kappa shape index (κ1) is 7.55. The molecule has 0 bridgehead atoms. The lowest BCUT2D eigenvalue weighted by atomic mass is 10.2. The molecule has 0 saturated carbocycles. The van der Waals surface area contributed by atoms with Crippen molar-refractivity contribution in [3.8, 4) is 0 Å². The number of hydrogen-bond donors (Lipinski definition) is 0. The molecule has 0 aromatic carbocycles. The minimum Gasteiger partial charge on any atom is -0.377 e. The second kappa shape index (κ2) is 5.24. The Balaban J connectivity index is 2.26. The van der Waals surface area contributed by atoms with E-state index >= 15 is 0 Å². The fourth-order valence-corrected chi connectivity index (χ4v) is 0.927. The van der Waals surface area contributed by atoms with Gasteiger partial charge in [-0.25, -0.2) is 0 Å². The highest BCUT2D eigenvalue weighted by Crippen LogP contribution is 1.99. The summed E-state index contributed by atoms with van der Waals surface area (Å²) >= 11 is 0. The Labute approximate surface area is 62.4 Å². The van der Waals surface area contributed by atoms with E-state index < -0.39 is 0 Å². The normalized spacial score (nSPS) is 27.2. The molecule has 0 N–H and O–H groups in total. The van der Waals surface area contributed by atoms with Crippen molar-refractivity contribution in [2.24, 2.45) is 0 Å².